The monoisotopic (exact) mass is 545 g/mol. The highest BCUT2D eigenvalue weighted by Gasteiger charge is 2.37. The second kappa shape index (κ2) is 11.5. The Hall–Kier alpha value is -2.14. The number of carbonyl (C=O) groups is 1. The second-order valence-corrected chi connectivity index (χ2v) is 11.8. The van der Waals surface area contributed by atoms with Gasteiger partial charge in [0, 0.05) is 36.3 Å². The Morgan fingerprint density at radius 2 is 1.97 bits per heavy atom. The van der Waals surface area contributed by atoms with E-state index in [4.69, 9.17) is 17.3 Å². The van der Waals surface area contributed by atoms with Crippen molar-refractivity contribution in [2.24, 2.45) is 11.7 Å². The van der Waals surface area contributed by atoms with Gasteiger partial charge in [-0.3, -0.25) is 9.69 Å². The van der Waals surface area contributed by atoms with Gasteiger partial charge in [0.05, 0.1) is 16.2 Å². The topological polar surface area (TPSA) is 92.5 Å². The van der Waals surface area contributed by atoms with Crippen molar-refractivity contribution in [3.63, 3.8) is 0 Å². The van der Waals surface area contributed by atoms with Crippen molar-refractivity contribution >= 4 is 27.3 Å². The lowest BCUT2D eigenvalue weighted by Crippen LogP contribution is -2.41. The predicted molar refractivity (Wildman–Crippen MR) is 134 cm³/mol. The minimum Gasteiger partial charge on any atom is -0.348 e. The normalized spacial score (nSPS) is 18.1. The summed E-state index contributed by atoms with van der Waals surface area (Å²) in [4.78, 5) is 14.8. The van der Waals surface area contributed by atoms with Crippen molar-refractivity contribution in [1.29, 1.82) is 0 Å². The molecule has 1 saturated heterocycles. The van der Waals surface area contributed by atoms with E-state index in [1.807, 2.05) is 4.90 Å². The smallest absolute Gasteiger partial charge is 0.348 e. The lowest BCUT2D eigenvalue weighted by molar-refractivity contribution is -0.138. The van der Waals surface area contributed by atoms with E-state index < -0.39 is 33.5 Å². The number of amides is 1. The molecule has 1 amide bonds. The van der Waals surface area contributed by atoms with Gasteiger partial charge in [0.2, 0.25) is 0 Å². The van der Waals surface area contributed by atoms with Crippen LogP contribution in [-0.4, -0.2) is 44.6 Å². The number of benzene rings is 2. The zero-order valence-corrected chi connectivity index (χ0v) is 21.8. The third-order valence-electron chi connectivity index (χ3n) is 6.51. The van der Waals surface area contributed by atoms with Crippen LogP contribution >= 0.6 is 11.6 Å². The molecule has 0 radical (unpaired) electrons. The van der Waals surface area contributed by atoms with Crippen LogP contribution in [0.1, 0.15) is 59.8 Å². The van der Waals surface area contributed by atoms with Crippen LogP contribution in [-0.2, 0) is 22.6 Å². The Kier molecular flexibility index (Phi) is 9.08. The molecule has 1 heterocycles. The molecule has 0 aliphatic carbocycles. The summed E-state index contributed by atoms with van der Waals surface area (Å²) < 4.78 is 67.0. The number of nitrogens with zero attached hydrogens (tertiary/aromatic N) is 1. The minimum atomic E-state index is -4.68. The summed E-state index contributed by atoms with van der Waals surface area (Å²) >= 11 is 6.00. The van der Waals surface area contributed by atoms with Crippen molar-refractivity contribution in [2.75, 3.05) is 25.4 Å². The van der Waals surface area contributed by atoms with Gasteiger partial charge in [0.15, 0.2) is 9.84 Å². The molecule has 2 aromatic rings. The summed E-state index contributed by atoms with van der Waals surface area (Å²) in [5.74, 6) is -0.549. The number of hydrogen-bond donors (Lipinski definition) is 2. The molecule has 2 atom stereocenters. The third-order valence-corrected chi connectivity index (χ3v) is 8.57. The molecule has 198 valence electrons. The van der Waals surface area contributed by atoms with E-state index in [0.29, 0.717) is 19.0 Å². The van der Waals surface area contributed by atoms with Gasteiger partial charge < -0.3 is 11.1 Å². The zero-order chi connectivity index (χ0) is 26.7. The maximum atomic E-state index is 14.1. The number of hydrogen-bond acceptors (Lipinski definition) is 5. The number of halogens is 4. The highest BCUT2D eigenvalue weighted by Crippen LogP contribution is 2.38. The van der Waals surface area contributed by atoms with E-state index in [1.165, 1.54) is 37.3 Å². The van der Waals surface area contributed by atoms with Gasteiger partial charge in [-0.1, -0.05) is 31.5 Å². The fourth-order valence-corrected chi connectivity index (χ4v) is 5.95. The standard InChI is InChI=1S/C25H31ClF3N3O3S/c1-3-36(34,35)23-9-7-19(26)11-18(23)14-31-24(33)17-6-8-20(21(12-17)25(27,28)29)22(13-30)32-10-4-5-16(2)15-32/h6-9,11-12,16,22H,3-5,10,13-15,30H2,1-2H3,(H,31,33)/t16?,22-/m0/s1. The Bertz CT molecular complexity index is 1200. The predicted octanol–water partition coefficient (Wildman–Crippen LogP) is 4.81. The minimum absolute atomic E-state index is 0.0163. The fraction of sp³-hybridized carbons (Fsp3) is 0.480. The molecule has 0 saturated carbocycles. The number of carbonyl (C=O) groups excluding carboxylic acids is 1. The van der Waals surface area contributed by atoms with E-state index in [2.05, 4.69) is 12.2 Å². The molecule has 3 N–H and O–H groups in total. The first kappa shape index (κ1) is 28.4. The maximum Gasteiger partial charge on any atom is 0.416 e. The summed E-state index contributed by atoms with van der Waals surface area (Å²) in [5, 5.41) is 2.80. The van der Waals surface area contributed by atoms with Crippen LogP contribution in [0.4, 0.5) is 13.2 Å². The molecule has 36 heavy (non-hydrogen) atoms. The summed E-state index contributed by atoms with van der Waals surface area (Å²) in [6, 6.07) is 7.09. The van der Waals surface area contributed by atoms with Gasteiger partial charge in [-0.2, -0.15) is 13.2 Å². The Labute approximate surface area is 214 Å². The largest absolute Gasteiger partial charge is 0.416 e. The molecule has 1 unspecified atom stereocenters. The Morgan fingerprint density at radius 3 is 2.58 bits per heavy atom. The summed E-state index contributed by atoms with van der Waals surface area (Å²) in [6.45, 7) is 4.68. The number of likely N-dealkylation sites (tertiary alicyclic amines) is 1. The lowest BCUT2D eigenvalue weighted by Gasteiger charge is -2.38. The fourth-order valence-electron chi connectivity index (χ4n) is 4.64. The third kappa shape index (κ3) is 6.59. The second-order valence-electron chi connectivity index (χ2n) is 9.13. The number of nitrogens with two attached hydrogens (primary N) is 1. The van der Waals surface area contributed by atoms with Crippen molar-refractivity contribution in [2.45, 2.75) is 50.3 Å². The molecule has 2 aromatic carbocycles. The summed E-state index contributed by atoms with van der Waals surface area (Å²) in [6.07, 6.45) is -2.78. The van der Waals surface area contributed by atoms with Gasteiger partial charge in [-0.15, -0.1) is 0 Å². The first-order valence-corrected chi connectivity index (χ1v) is 13.8. The number of nitrogens with one attached hydrogen (secondary N) is 1. The van der Waals surface area contributed by atoms with Crippen molar-refractivity contribution < 1.29 is 26.4 Å². The molecular formula is C25H31ClF3N3O3S. The van der Waals surface area contributed by atoms with Gasteiger partial charge in [-0.05, 0) is 66.8 Å². The van der Waals surface area contributed by atoms with Gasteiger partial charge in [0.1, 0.15) is 0 Å². The summed E-state index contributed by atoms with van der Waals surface area (Å²) in [5.41, 5.74) is 5.14. The van der Waals surface area contributed by atoms with E-state index in [9.17, 15) is 26.4 Å². The number of rotatable bonds is 8. The summed E-state index contributed by atoms with van der Waals surface area (Å²) in [7, 11) is -3.59. The van der Waals surface area contributed by atoms with Crippen LogP contribution < -0.4 is 11.1 Å². The van der Waals surface area contributed by atoms with Crippen molar-refractivity contribution in [3.05, 3.63) is 63.7 Å². The van der Waals surface area contributed by atoms with Crippen LogP contribution in [0, 0.1) is 5.92 Å². The molecule has 1 aliphatic heterocycles. The average molecular weight is 546 g/mol. The molecule has 1 aliphatic rings. The molecule has 1 fully saturated rings. The Morgan fingerprint density at radius 1 is 1.25 bits per heavy atom. The molecule has 0 aromatic heterocycles. The average Bonchev–Trinajstić information content (AvgIpc) is 2.82. The zero-order valence-electron chi connectivity index (χ0n) is 20.2. The molecular weight excluding hydrogens is 515 g/mol. The van der Waals surface area contributed by atoms with Crippen LogP contribution in [0.5, 0.6) is 0 Å². The van der Waals surface area contributed by atoms with Crippen LogP contribution in [0.15, 0.2) is 41.3 Å². The molecule has 6 nitrogen and oxygen atoms in total. The number of alkyl halides is 3. The SMILES string of the molecule is CCS(=O)(=O)c1ccc(Cl)cc1CNC(=O)c1ccc([C@H](CN)N2CCCC(C)C2)c(C(F)(F)F)c1. The van der Waals surface area contributed by atoms with Crippen molar-refractivity contribution in [1.82, 2.24) is 10.2 Å². The van der Waals surface area contributed by atoms with Crippen LogP contribution in [0.2, 0.25) is 5.02 Å². The quantitative estimate of drug-likeness (QED) is 0.496. The first-order chi connectivity index (χ1) is 16.9. The van der Waals surface area contributed by atoms with E-state index >= 15 is 0 Å². The Balaban J connectivity index is 1.89. The van der Waals surface area contributed by atoms with Gasteiger partial charge >= 0.3 is 6.18 Å². The molecule has 0 spiro atoms. The van der Waals surface area contributed by atoms with E-state index in [-0.39, 0.29) is 45.5 Å². The first-order valence-electron chi connectivity index (χ1n) is 11.8. The van der Waals surface area contributed by atoms with Crippen LogP contribution in [0.25, 0.3) is 0 Å². The number of piperidine rings is 1. The highest BCUT2D eigenvalue weighted by molar-refractivity contribution is 7.91. The van der Waals surface area contributed by atoms with E-state index in [1.54, 1.807) is 0 Å². The number of sulfone groups is 1. The lowest BCUT2D eigenvalue weighted by atomic mass is 9.92. The van der Waals surface area contributed by atoms with Crippen LogP contribution in [0.3, 0.4) is 0 Å². The van der Waals surface area contributed by atoms with Crippen molar-refractivity contribution in [3.8, 4) is 0 Å². The van der Waals surface area contributed by atoms with Gasteiger partial charge in [-0.25, -0.2) is 8.42 Å². The molecule has 3 rings (SSSR count). The maximum absolute atomic E-state index is 14.1. The highest BCUT2D eigenvalue weighted by atomic mass is 35.5. The van der Waals surface area contributed by atoms with Gasteiger partial charge in [0.25, 0.3) is 5.91 Å². The van der Waals surface area contributed by atoms with E-state index in [0.717, 1.165) is 18.9 Å². The molecule has 0 bridgehead atoms. The molecule has 11 heteroatoms.